The second-order valence-electron chi connectivity index (χ2n) is 6.68. The van der Waals surface area contributed by atoms with Crippen molar-refractivity contribution < 1.29 is 9.53 Å². The molecule has 1 amide bonds. The minimum Gasteiger partial charge on any atom is -0.444 e. The zero-order chi connectivity index (χ0) is 15.5. The first kappa shape index (κ1) is 15.8. The van der Waals surface area contributed by atoms with Crippen LogP contribution < -0.4 is 5.32 Å². The van der Waals surface area contributed by atoms with Crippen molar-refractivity contribution in [1.29, 1.82) is 0 Å². The lowest BCUT2D eigenvalue weighted by Gasteiger charge is -2.30. The molecule has 1 saturated heterocycles. The van der Waals surface area contributed by atoms with Crippen LogP contribution in [0.4, 0.5) is 4.79 Å². The highest BCUT2D eigenvalue weighted by atomic mass is 16.6. The molecule has 2 rings (SSSR count). The average Bonchev–Trinajstić information content (AvgIpc) is 2.83. The number of ether oxygens (including phenoxy) is 1. The van der Waals surface area contributed by atoms with Crippen LogP contribution in [0.1, 0.15) is 45.3 Å². The van der Waals surface area contributed by atoms with Crippen LogP contribution in [0.5, 0.6) is 0 Å². The van der Waals surface area contributed by atoms with E-state index in [2.05, 4.69) is 26.8 Å². The van der Waals surface area contributed by atoms with E-state index in [9.17, 15) is 4.79 Å². The summed E-state index contributed by atoms with van der Waals surface area (Å²) in [6.07, 6.45) is 5.52. The van der Waals surface area contributed by atoms with Gasteiger partial charge < -0.3 is 19.5 Å². The second kappa shape index (κ2) is 6.47. The number of hydrogen-bond donors (Lipinski definition) is 1. The highest BCUT2D eigenvalue weighted by molar-refractivity contribution is 5.67. The smallest absolute Gasteiger partial charge is 0.407 e. The number of imidazole rings is 1. The first-order valence-electron chi connectivity index (χ1n) is 7.51. The van der Waals surface area contributed by atoms with Gasteiger partial charge >= 0.3 is 6.09 Å². The van der Waals surface area contributed by atoms with Gasteiger partial charge in [-0.3, -0.25) is 0 Å². The van der Waals surface area contributed by atoms with Gasteiger partial charge in [-0.1, -0.05) is 0 Å². The van der Waals surface area contributed by atoms with Crippen molar-refractivity contribution in [1.82, 2.24) is 19.8 Å². The molecule has 1 aromatic heterocycles. The molecule has 0 radical (unpaired) electrons. The summed E-state index contributed by atoms with van der Waals surface area (Å²) in [7, 11) is 2.15. The number of nitrogens with zero attached hydrogens (tertiary/aromatic N) is 3. The zero-order valence-corrected chi connectivity index (χ0v) is 13.4. The Labute approximate surface area is 126 Å². The Hall–Kier alpha value is -1.56. The number of alkyl carbamates (subject to hydrolysis) is 1. The molecule has 0 aromatic carbocycles. The Morgan fingerprint density at radius 2 is 2.10 bits per heavy atom. The van der Waals surface area contributed by atoms with Crippen molar-refractivity contribution in [3.8, 4) is 0 Å². The van der Waals surface area contributed by atoms with Crippen LogP contribution >= 0.6 is 0 Å². The number of amides is 1. The van der Waals surface area contributed by atoms with Crippen LogP contribution in [0.25, 0.3) is 0 Å². The minimum absolute atomic E-state index is 0.390. The molecule has 21 heavy (non-hydrogen) atoms. The lowest BCUT2D eigenvalue weighted by atomic mass is 10.1. The maximum absolute atomic E-state index is 11.7. The fourth-order valence-corrected chi connectivity index (χ4v) is 2.55. The zero-order valence-electron chi connectivity index (χ0n) is 13.4. The number of carbonyl (C=O) groups excluding carboxylic acids is 1. The van der Waals surface area contributed by atoms with Crippen LogP contribution in [-0.2, 0) is 11.3 Å². The molecule has 0 spiro atoms. The summed E-state index contributed by atoms with van der Waals surface area (Å²) in [5.41, 5.74) is 0.550. The number of likely N-dealkylation sites (tertiary alicyclic amines) is 1. The summed E-state index contributed by atoms with van der Waals surface area (Å²) in [6, 6.07) is 0.471. The third-order valence-electron chi connectivity index (χ3n) is 3.64. The van der Waals surface area contributed by atoms with E-state index in [1.54, 1.807) is 0 Å². The van der Waals surface area contributed by atoms with Crippen molar-refractivity contribution in [2.45, 2.75) is 51.8 Å². The van der Waals surface area contributed by atoms with Gasteiger partial charge in [0.15, 0.2) is 0 Å². The normalized spacial score (nSPS) is 17.7. The van der Waals surface area contributed by atoms with E-state index in [1.807, 2.05) is 33.3 Å². The van der Waals surface area contributed by atoms with E-state index in [-0.39, 0.29) is 0 Å². The predicted octanol–water partition coefficient (Wildman–Crippen LogP) is 2.17. The molecule has 6 heteroatoms. The number of carbonyl (C=O) groups is 1. The largest absolute Gasteiger partial charge is 0.444 e. The molecule has 0 unspecified atom stereocenters. The van der Waals surface area contributed by atoms with Gasteiger partial charge in [-0.05, 0) is 53.8 Å². The number of rotatable bonds is 3. The maximum Gasteiger partial charge on any atom is 0.407 e. The van der Waals surface area contributed by atoms with Gasteiger partial charge in [-0.2, -0.15) is 0 Å². The number of piperidine rings is 1. The molecule has 0 bridgehead atoms. The van der Waals surface area contributed by atoms with Crippen LogP contribution in [-0.4, -0.2) is 46.3 Å². The summed E-state index contributed by atoms with van der Waals surface area (Å²) in [5, 5.41) is 2.80. The number of hydrogen-bond acceptors (Lipinski definition) is 4. The number of nitrogens with one attached hydrogen (secondary N) is 1. The molecular formula is C15H26N4O2. The highest BCUT2D eigenvalue weighted by Crippen LogP contribution is 2.23. The van der Waals surface area contributed by atoms with Crippen LogP contribution in [0, 0.1) is 0 Å². The Balaban J connectivity index is 1.90. The Morgan fingerprint density at radius 3 is 2.71 bits per heavy atom. The van der Waals surface area contributed by atoms with Gasteiger partial charge in [0.1, 0.15) is 5.60 Å². The standard InChI is InChI=1S/C15H26N4O2/c1-15(2,3)21-14(20)17-10-13-9-16-11-19(13)12-5-7-18(4)8-6-12/h9,11-12H,5-8,10H2,1-4H3,(H,17,20). The van der Waals surface area contributed by atoms with Crippen molar-refractivity contribution >= 4 is 6.09 Å². The summed E-state index contributed by atoms with van der Waals surface area (Å²) >= 11 is 0. The van der Waals surface area contributed by atoms with Gasteiger partial charge in [0, 0.05) is 12.2 Å². The molecule has 1 N–H and O–H groups in total. The molecule has 0 saturated carbocycles. The summed E-state index contributed by atoms with van der Waals surface area (Å²) in [4.78, 5) is 18.3. The van der Waals surface area contributed by atoms with Gasteiger partial charge in [-0.15, -0.1) is 0 Å². The monoisotopic (exact) mass is 294 g/mol. The van der Waals surface area contributed by atoms with E-state index in [0.717, 1.165) is 31.6 Å². The van der Waals surface area contributed by atoms with Crippen LogP contribution in [0.2, 0.25) is 0 Å². The van der Waals surface area contributed by atoms with Crippen LogP contribution in [0.3, 0.4) is 0 Å². The van der Waals surface area contributed by atoms with Crippen molar-refractivity contribution in [3.05, 3.63) is 18.2 Å². The van der Waals surface area contributed by atoms with Crippen molar-refractivity contribution in [2.75, 3.05) is 20.1 Å². The first-order chi connectivity index (χ1) is 9.85. The number of aromatic nitrogens is 2. The molecule has 118 valence electrons. The maximum atomic E-state index is 11.7. The topological polar surface area (TPSA) is 59.4 Å². The van der Waals surface area contributed by atoms with Gasteiger partial charge in [-0.25, -0.2) is 9.78 Å². The molecule has 1 aliphatic heterocycles. The summed E-state index contributed by atoms with van der Waals surface area (Å²) in [6.45, 7) is 8.21. The average molecular weight is 294 g/mol. The Morgan fingerprint density at radius 1 is 1.43 bits per heavy atom. The third kappa shape index (κ3) is 4.74. The van der Waals surface area contributed by atoms with E-state index < -0.39 is 11.7 Å². The van der Waals surface area contributed by atoms with Gasteiger partial charge in [0.2, 0.25) is 0 Å². The lowest BCUT2D eigenvalue weighted by molar-refractivity contribution is 0.0522. The quantitative estimate of drug-likeness (QED) is 0.928. The van der Waals surface area contributed by atoms with Gasteiger partial charge in [0.25, 0.3) is 0 Å². The molecule has 0 atom stereocenters. The minimum atomic E-state index is -0.474. The molecular weight excluding hydrogens is 268 g/mol. The van der Waals surface area contributed by atoms with E-state index in [0.29, 0.717) is 12.6 Å². The van der Waals surface area contributed by atoms with Crippen LogP contribution in [0.15, 0.2) is 12.5 Å². The fourth-order valence-electron chi connectivity index (χ4n) is 2.55. The Kier molecular flexibility index (Phi) is 4.88. The molecule has 2 heterocycles. The van der Waals surface area contributed by atoms with Crippen molar-refractivity contribution in [2.24, 2.45) is 0 Å². The first-order valence-corrected chi connectivity index (χ1v) is 7.51. The van der Waals surface area contributed by atoms with E-state index in [1.165, 1.54) is 0 Å². The van der Waals surface area contributed by atoms with E-state index in [4.69, 9.17) is 4.74 Å². The SMILES string of the molecule is CN1CCC(n2cncc2CNC(=O)OC(C)(C)C)CC1. The summed E-state index contributed by atoms with van der Waals surface area (Å²) in [5.74, 6) is 0. The fraction of sp³-hybridized carbons (Fsp3) is 0.733. The molecule has 1 fully saturated rings. The Bertz CT molecular complexity index is 470. The molecule has 0 aliphatic carbocycles. The highest BCUT2D eigenvalue weighted by Gasteiger charge is 2.21. The second-order valence-corrected chi connectivity index (χ2v) is 6.68. The molecule has 1 aromatic rings. The predicted molar refractivity (Wildman–Crippen MR) is 81.1 cm³/mol. The summed E-state index contributed by atoms with van der Waals surface area (Å²) < 4.78 is 7.43. The lowest BCUT2D eigenvalue weighted by Crippen LogP contribution is -2.34. The molecule has 6 nitrogen and oxygen atoms in total. The van der Waals surface area contributed by atoms with E-state index >= 15 is 0 Å². The van der Waals surface area contributed by atoms with Crippen molar-refractivity contribution in [3.63, 3.8) is 0 Å². The van der Waals surface area contributed by atoms with Gasteiger partial charge in [0.05, 0.1) is 18.6 Å². The third-order valence-corrected chi connectivity index (χ3v) is 3.64. The molecule has 1 aliphatic rings.